The molecule has 0 spiro atoms. The molecule has 0 saturated heterocycles. The van der Waals surface area contributed by atoms with Gasteiger partial charge in [0, 0.05) is 3.57 Å². The van der Waals surface area contributed by atoms with Gasteiger partial charge in [-0.05, 0) is 115 Å². The third kappa shape index (κ3) is 4.63. The van der Waals surface area contributed by atoms with E-state index in [0.717, 1.165) is 18.8 Å². The molecule has 0 amide bonds. The molecule has 27 heavy (non-hydrogen) atoms. The predicted octanol–water partition coefficient (Wildman–Crippen LogP) is 7.02. The van der Waals surface area contributed by atoms with Gasteiger partial charge in [-0.2, -0.15) is 0 Å². The summed E-state index contributed by atoms with van der Waals surface area (Å²) in [6.07, 6.45) is 10.7. The molecular weight excluding hydrogens is 443 g/mol. The van der Waals surface area contributed by atoms with E-state index in [2.05, 4.69) is 80.6 Å². The number of benzene rings is 1. The van der Waals surface area contributed by atoms with Gasteiger partial charge in [-0.25, -0.2) is 0 Å². The van der Waals surface area contributed by atoms with E-state index in [9.17, 15) is 5.11 Å². The third-order valence-electron chi connectivity index (χ3n) is 7.87. The maximum Gasteiger partial charge on any atom is 0.0577 e. The number of unbranched alkanes of at least 4 members (excludes halogenated alkanes) is 1. The van der Waals surface area contributed by atoms with Crippen LogP contribution in [0, 0.1) is 32.7 Å². The van der Waals surface area contributed by atoms with Crippen LogP contribution in [-0.4, -0.2) is 11.2 Å². The highest BCUT2D eigenvalue weighted by Gasteiger charge is 2.52. The van der Waals surface area contributed by atoms with Crippen molar-refractivity contribution in [2.75, 3.05) is 0 Å². The summed E-state index contributed by atoms with van der Waals surface area (Å²) in [6, 6.07) is 8.91. The maximum absolute atomic E-state index is 11.0. The first-order valence-electron chi connectivity index (χ1n) is 10.9. The highest BCUT2D eigenvalue weighted by Crippen LogP contribution is 2.58. The quantitative estimate of drug-likeness (QED) is 0.355. The fourth-order valence-electron chi connectivity index (χ4n) is 5.94. The Balaban J connectivity index is 1.80. The van der Waals surface area contributed by atoms with Crippen LogP contribution in [0.4, 0.5) is 0 Å². The Labute approximate surface area is 180 Å². The number of aliphatic hydroxyl groups is 1. The minimum atomic E-state index is -0.148. The zero-order valence-electron chi connectivity index (χ0n) is 17.5. The standard InChI is InChI=1S/C25H37IO/c1-5-6-7-17(2)20-10-13-23-22(15-19-8-11-21(26)12-9-19)24(27)14-18(3)25(23,4)16-20/h7-9,11-12,18,20,22-24,27H,5-6,10,13-16H2,1-4H3/b17-7-/t18-,20-,22+,23+,24-,25+/m1/s1. The molecule has 3 rings (SSSR count). The van der Waals surface area contributed by atoms with Crippen molar-refractivity contribution < 1.29 is 5.11 Å². The molecule has 0 aliphatic heterocycles. The summed E-state index contributed by atoms with van der Waals surface area (Å²) < 4.78 is 1.29. The zero-order chi connectivity index (χ0) is 19.6. The van der Waals surface area contributed by atoms with Crippen LogP contribution in [0.3, 0.4) is 0 Å². The van der Waals surface area contributed by atoms with Gasteiger partial charge in [-0.1, -0.05) is 51.0 Å². The topological polar surface area (TPSA) is 20.2 Å². The van der Waals surface area contributed by atoms with E-state index in [1.165, 1.54) is 41.2 Å². The Bertz CT molecular complexity index is 649. The molecular formula is C25H37IO. The number of halogens is 1. The Kier molecular flexibility index (Phi) is 7.11. The molecule has 0 heterocycles. The second-order valence-corrected chi connectivity index (χ2v) is 10.8. The van der Waals surface area contributed by atoms with Crippen molar-refractivity contribution in [1.29, 1.82) is 0 Å². The molecule has 2 heteroatoms. The van der Waals surface area contributed by atoms with E-state index in [1.54, 1.807) is 5.57 Å². The average molecular weight is 480 g/mol. The van der Waals surface area contributed by atoms with Crippen LogP contribution in [0.15, 0.2) is 35.9 Å². The van der Waals surface area contributed by atoms with E-state index < -0.39 is 0 Å². The van der Waals surface area contributed by atoms with Gasteiger partial charge < -0.3 is 5.11 Å². The van der Waals surface area contributed by atoms with Crippen LogP contribution in [-0.2, 0) is 6.42 Å². The first kappa shape index (κ1) is 21.4. The second-order valence-electron chi connectivity index (χ2n) is 9.53. The lowest BCUT2D eigenvalue weighted by atomic mass is 9.49. The minimum Gasteiger partial charge on any atom is -0.393 e. The lowest BCUT2D eigenvalue weighted by molar-refractivity contribution is -0.105. The minimum absolute atomic E-state index is 0.148. The molecule has 0 radical (unpaired) electrons. The van der Waals surface area contributed by atoms with E-state index in [0.29, 0.717) is 23.2 Å². The summed E-state index contributed by atoms with van der Waals surface area (Å²) in [4.78, 5) is 0. The van der Waals surface area contributed by atoms with Crippen molar-refractivity contribution >= 4 is 22.6 Å². The van der Waals surface area contributed by atoms with E-state index >= 15 is 0 Å². The number of aliphatic hydroxyl groups excluding tert-OH is 1. The smallest absolute Gasteiger partial charge is 0.0577 e. The van der Waals surface area contributed by atoms with Gasteiger partial charge in [0.2, 0.25) is 0 Å². The van der Waals surface area contributed by atoms with Crippen molar-refractivity contribution in [2.24, 2.45) is 29.1 Å². The molecule has 2 saturated carbocycles. The normalized spacial score (nSPS) is 37.1. The first-order valence-corrected chi connectivity index (χ1v) is 12.0. The third-order valence-corrected chi connectivity index (χ3v) is 8.59. The summed E-state index contributed by atoms with van der Waals surface area (Å²) in [7, 11) is 0. The molecule has 1 nitrogen and oxygen atoms in total. The van der Waals surface area contributed by atoms with Crippen molar-refractivity contribution in [3.8, 4) is 0 Å². The van der Waals surface area contributed by atoms with E-state index in [4.69, 9.17) is 0 Å². The maximum atomic E-state index is 11.0. The largest absolute Gasteiger partial charge is 0.393 e. The van der Waals surface area contributed by atoms with Crippen LogP contribution in [0.5, 0.6) is 0 Å². The summed E-state index contributed by atoms with van der Waals surface area (Å²) >= 11 is 2.37. The number of allylic oxidation sites excluding steroid dienone is 2. The van der Waals surface area contributed by atoms with Crippen LogP contribution in [0.1, 0.15) is 71.8 Å². The summed E-state index contributed by atoms with van der Waals surface area (Å²) in [6.45, 7) is 9.55. The van der Waals surface area contributed by atoms with Crippen LogP contribution < -0.4 is 0 Å². The first-order chi connectivity index (χ1) is 12.8. The molecule has 1 aromatic rings. The fourth-order valence-corrected chi connectivity index (χ4v) is 6.30. The van der Waals surface area contributed by atoms with Crippen LogP contribution in [0.25, 0.3) is 0 Å². The molecule has 150 valence electrons. The van der Waals surface area contributed by atoms with Crippen LogP contribution in [0.2, 0.25) is 0 Å². The van der Waals surface area contributed by atoms with Gasteiger partial charge in [-0.15, -0.1) is 0 Å². The van der Waals surface area contributed by atoms with Gasteiger partial charge >= 0.3 is 0 Å². The SMILES string of the molecule is CCC/C=C(/C)[C@@H]1CC[C@H]2[C@H](Cc3ccc(I)cc3)[C@H](O)C[C@@H](C)[C@]2(C)C1. The van der Waals surface area contributed by atoms with Crippen molar-refractivity contribution in [3.05, 3.63) is 45.0 Å². The Morgan fingerprint density at radius 1 is 1.26 bits per heavy atom. The summed E-state index contributed by atoms with van der Waals surface area (Å²) in [5.74, 6) is 2.40. The highest BCUT2D eigenvalue weighted by atomic mass is 127. The zero-order valence-corrected chi connectivity index (χ0v) is 19.7. The molecule has 2 fully saturated rings. The molecule has 2 aliphatic carbocycles. The monoisotopic (exact) mass is 480 g/mol. The molecule has 0 bridgehead atoms. The van der Waals surface area contributed by atoms with Gasteiger partial charge in [0.15, 0.2) is 0 Å². The number of fused-ring (bicyclic) bond motifs is 1. The number of hydrogen-bond donors (Lipinski definition) is 1. The lowest BCUT2D eigenvalue weighted by Gasteiger charge is -2.56. The summed E-state index contributed by atoms with van der Waals surface area (Å²) in [5.41, 5.74) is 3.36. The lowest BCUT2D eigenvalue weighted by Crippen LogP contribution is -2.52. The average Bonchev–Trinajstić information content (AvgIpc) is 2.65. The van der Waals surface area contributed by atoms with Gasteiger partial charge in [-0.3, -0.25) is 0 Å². The Morgan fingerprint density at radius 2 is 1.96 bits per heavy atom. The molecule has 6 atom stereocenters. The van der Waals surface area contributed by atoms with Crippen molar-refractivity contribution in [3.63, 3.8) is 0 Å². The fraction of sp³-hybridized carbons (Fsp3) is 0.680. The molecule has 2 aliphatic rings. The number of hydrogen-bond acceptors (Lipinski definition) is 1. The predicted molar refractivity (Wildman–Crippen MR) is 124 cm³/mol. The number of rotatable bonds is 5. The Hall–Kier alpha value is -0.350. The molecule has 1 N–H and O–H groups in total. The van der Waals surface area contributed by atoms with Crippen molar-refractivity contribution in [2.45, 2.75) is 78.7 Å². The molecule has 0 aromatic heterocycles. The highest BCUT2D eigenvalue weighted by molar-refractivity contribution is 14.1. The van der Waals surface area contributed by atoms with Gasteiger partial charge in [0.25, 0.3) is 0 Å². The van der Waals surface area contributed by atoms with Gasteiger partial charge in [0.05, 0.1) is 6.10 Å². The molecule has 0 unspecified atom stereocenters. The Morgan fingerprint density at radius 3 is 2.63 bits per heavy atom. The van der Waals surface area contributed by atoms with E-state index in [-0.39, 0.29) is 6.10 Å². The van der Waals surface area contributed by atoms with Crippen molar-refractivity contribution in [1.82, 2.24) is 0 Å². The van der Waals surface area contributed by atoms with E-state index in [1.807, 2.05) is 0 Å². The molecule has 1 aromatic carbocycles. The van der Waals surface area contributed by atoms with Gasteiger partial charge in [0.1, 0.15) is 0 Å². The second kappa shape index (κ2) is 8.98. The summed E-state index contributed by atoms with van der Waals surface area (Å²) in [5, 5.41) is 11.0. The van der Waals surface area contributed by atoms with Crippen LogP contribution >= 0.6 is 22.6 Å².